The van der Waals surface area contributed by atoms with Crippen molar-refractivity contribution in [3.05, 3.63) is 54.0 Å². The first-order chi connectivity index (χ1) is 13.9. The molecule has 0 aliphatic heterocycles. The zero-order valence-electron chi connectivity index (χ0n) is 16.7. The lowest BCUT2D eigenvalue weighted by Gasteiger charge is -2.09. The Bertz CT molecular complexity index is 1050. The maximum Gasteiger partial charge on any atom is 0.315 e. The maximum atomic E-state index is 12.3. The van der Waals surface area contributed by atoms with Gasteiger partial charge in [-0.2, -0.15) is 5.10 Å². The Morgan fingerprint density at radius 2 is 1.79 bits per heavy atom. The van der Waals surface area contributed by atoms with E-state index in [1.165, 1.54) is 12.8 Å². The Labute approximate surface area is 168 Å². The first-order valence-corrected chi connectivity index (χ1v) is 9.71. The molecule has 3 aromatic rings. The first-order valence-electron chi connectivity index (χ1n) is 9.71. The largest absolute Gasteiger partial charge is 0.315 e. The summed E-state index contributed by atoms with van der Waals surface area (Å²) >= 11 is 0. The molecule has 2 heterocycles. The van der Waals surface area contributed by atoms with Gasteiger partial charge in [-0.25, -0.2) is 4.68 Å². The number of hydrogen-bond donors (Lipinski definition) is 2. The predicted molar refractivity (Wildman–Crippen MR) is 110 cm³/mol. The van der Waals surface area contributed by atoms with Crippen LogP contribution in [0.1, 0.15) is 37.1 Å². The van der Waals surface area contributed by atoms with Crippen LogP contribution in [0.2, 0.25) is 0 Å². The van der Waals surface area contributed by atoms with Gasteiger partial charge in [-0.1, -0.05) is 17.7 Å². The number of hydrogen-bond acceptors (Lipinski definition) is 4. The molecule has 0 spiro atoms. The SMILES string of the molecule is Cc1ccc(-n2nc(NC(=O)C(=O)Nc3cnn([C@@H](C)C4CC4)c3)cc2C)cc1. The number of amides is 2. The van der Waals surface area contributed by atoms with Gasteiger partial charge >= 0.3 is 11.8 Å². The van der Waals surface area contributed by atoms with Crippen molar-refractivity contribution in [3.63, 3.8) is 0 Å². The Balaban J connectivity index is 1.39. The van der Waals surface area contributed by atoms with Crippen molar-refractivity contribution >= 4 is 23.3 Å². The zero-order chi connectivity index (χ0) is 20.5. The second-order valence-electron chi connectivity index (χ2n) is 7.61. The van der Waals surface area contributed by atoms with Crippen molar-refractivity contribution in [2.45, 2.75) is 39.7 Å². The van der Waals surface area contributed by atoms with Crippen LogP contribution in [0.15, 0.2) is 42.7 Å². The second kappa shape index (κ2) is 7.54. The minimum Gasteiger partial charge on any atom is -0.315 e. The fourth-order valence-corrected chi connectivity index (χ4v) is 3.26. The highest BCUT2D eigenvalue weighted by molar-refractivity contribution is 6.43. The van der Waals surface area contributed by atoms with Crippen LogP contribution in [-0.2, 0) is 9.59 Å². The number of benzene rings is 1. The predicted octanol–water partition coefficient (Wildman–Crippen LogP) is 3.23. The minimum atomic E-state index is -0.776. The Morgan fingerprint density at radius 3 is 2.48 bits per heavy atom. The van der Waals surface area contributed by atoms with Crippen LogP contribution in [0.5, 0.6) is 0 Å². The summed E-state index contributed by atoms with van der Waals surface area (Å²) < 4.78 is 3.55. The number of aryl methyl sites for hydroxylation is 2. The molecule has 1 fully saturated rings. The summed E-state index contributed by atoms with van der Waals surface area (Å²) in [7, 11) is 0. The van der Waals surface area contributed by atoms with E-state index < -0.39 is 11.8 Å². The first kappa shape index (κ1) is 18.9. The molecule has 8 nitrogen and oxygen atoms in total. The van der Waals surface area contributed by atoms with Crippen LogP contribution in [0.4, 0.5) is 11.5 Å². The monoisotopic (exact) mass is 392 g/mol. The highest BCUT2D eigenvalue weighted by Crippen LogP contribution is 2.39. The fraction of sp³-hybridized carbons (Fsp3) is 0.333. The minimum absolute atomic E-state index is 0.295. The fourth-order valence-electron chi connectivity index (χ4n) is 3.26. The Morgan fingerprint density at radius 1 is 1.10 bits per heavy atom. The van der Waals surface area contributed by atoms with Crippen molar-refractivity contribution in [3.8, 4) is 5.69 Å². The molecule has 29 heavy (non-hydrogen) atoms. The van der Waals surface area contributed by atoms with Crippen LogP contribution in [0.25, 0.3) is 5.69 Å². The summed E-state index contributed by atoms with van der Waals surface area (Å²) in [5, 5.41) is 13.8. The van der Waals surface area contributed by atoms with E-state index in [1.807, 2.05) is 42.8 Å². The molecule has 1 aromatic carbocycles. The molecule has 0 unspecified atom stereocenters. The third-order valence-corrected chi connectivity index (χ3v) is 5.19. The van der Waals surface area contributed by atoms with Crippen molar-refractivity contribution in [1.29, 1.82) is 0 Å². The summed E-state index contributed by atoms with van der Waals surface area (Å²) in [4.78, 5) is 24.5. The topological polar surface area (TPSA) is 93.8 Å². The van der Waals surface area contributed by atoms with Crippen molar-refractivity contribution < 1.29 is 9.59 Å². The Hall–Kier alpha value is -3.42. The van der Waals surface area contributed by atoms with Crippen LogP contribution >= 0.6 is 0 Å². The number of carbonyl (C=O) groups excluding carboxylic acids is 2. The number of anilines is 2. The Kier molecular flexibility index (Phi) is 4.92. The van der Waals surface area contributed by atoms with E-state index in [1.54, 1.807) is 23.1 Å². The van der Waals surface area contributed by atoms with Gasteiger partial charge in [0.15, 0.2) is 5.82 Å². The molecule has 0 bridgehead atoms. The lowest BCUT2D eigenvalue weighted by atomic mass is 10.2. The van der Waals surface area contributed by atoms with Crippen LogP contribution in [-0.4, -0.2) is 31.4 Å². The molecular formula is C21H24N6O2. The summed E-state index contributed by atoms with van der Waals surface area (Å²) in [6.45, 7) is 6.01. The van der Waals surface area contributed by atoms with Gasteiger partial charge in [-0.3, -0.25) is 14.3 Å². The van der Waals surface area contributed by atoms with Gasteiger partial charge in [0, 0.05) is 18.0 Å². The van der Waals surface area contributed by atoms with Crippen LogP contribution in [0, 0.1) is 19.8 Å². The highest BCUT2D eigenvalue weighted by Gasteiger charge is 2.29. The van der Waals surface area contributed by atoms with Gasteiger partial charge in [0.1, 0.15) is 0 Å². The average molecular weight is 392 g/mol. The third-order valence-electron chi connectivity index (χ3n) is 5.19. The van der Waals surface area contributed by atoms with Crippen molar-refractivity contribution in [1.82, 2.24) is 19.6 Å². The molecule has 2 aromatic heterocycles. The van der Waals surface area contributed by atoms with Gasteiger partial charge in [0.25, 0.3) is 0 Å². The van der Waals surface area contributed by atoms with Gasteiger partial charge < -0.3 is 10.6 Å². The smallest absolute Gasteiger partial charge is 0.315 e. The number of nitrogens with one attached hydrogen (secondary N) is 2. The molecule has 1 aliphatic carbocycles. The lowest BCUT2D eigenvalue weighted by molar-refractivity contribution is -0.133. The average Bonchev–Trinajstić information content (AvgIpc) is 3.34. The lowest BCUT2D eigenvalue weighted by Crippen LogP contribution is -2.29. The van der Waals surface area contributed by atoms with Gasteiger partial charge in [0.05, 0.1) is 23.6 Å². The molecule has 1 saturated carbocycles. The van der Waals surface area contributed by atoms with Crippen molar-refractivity contribution in [2.24, 2.45) is 5.92 Å². The molecule has 0 radical (unpaired) electrons. The molecule has 150 valence electrons. The summed E-state index contributed by atoms with van der Waals surface area (Å²) in [5.74, 6) is -0.567. The second-order valence-corrected chi connectivity index (χ2v) is 7.61. The normalized spacial score (nSPS) is 14.4. The van der Waals surface area contributed by atoms with E-state index in [9.17, 15) is 9.59 Å². The van der Waals surface area contributed by atoms with E-state index in [0.717, 1.165) is 16.9 Å². The van der Waals surface area contributed by atoms with Gasteiger partial charge in [-0.15, -0.1) is 5.10 Å². The molecule has 8 heteroatoms. The molecule has 1 atom stereocenters. The molecular weight excluding hydrogens is 368 g/mol. The number of nitrogens with zero attached hydrogens (tertiary/aromatic N) is 4. The standard InChI is InChI=1S/C21H24N6O2/c1-13-4-8-18(9-5-13)27-14(2)10-19(25-27)24-21(29)20(28)23-17-11-22-26(12-17)15(3)16-6-7-16/h4-5,8-12,15-16H,6-7H2,1-3H3,(H,23,28)(H,24,25,29)/t15-/m0/s1. The van der Waals surface area contributed by atoms with Crippen LogP contribution in [0.3, 0.4) is 0 Å². The zero-order valence-corrected chi connectivity index (χ0v) is 16.7. The van der Waals surface area contributed by atoms with E-state index in [-0.39, 0.29) is 0 Å². The number of rotatable bonds is 5. The van der Waals surface area contributed by atoms with E-state index >= 15 is 0 Å². The third kappa shape index (κ3) is 4.21. The molecule has 2 amide bonds. The summed E-state index contributed by atoms with van der Waals surface area (Å²) in [6.07, 6.45) is 5.73. The number of carbonyl (C=O) groups is 2. The highest BCUT2D eigenvalue weighted by atomic mass is 16.2. The molecule has 0 saturated heterocycles. The van der Waals surface area contributed by atoms with E-state index in [4.69, 9.17) is 0 Å². The number of aromatic nitrogens is 4. The van der Waals surface area contributed by atoms with Crippen LogP contribution < -0.4 is 10.6 Å². The molecule has 2 N–H and O–H groups in total. The van der Waals surface area contributed by atoms with E-state index in [2.05, 4.69) is 27.8 Å². The quantitative estimate of drug-likeness (QED) is 0.652. The molecule has 1 aliphatic rings. The van der Waals surface area contributed by atoms with Crippen molar-refractivity contribution in [2.75, 3.05) is 10.6 Å². The summed E-state index contributed by atoms with van der Waals surface area (Å²) in [5.41, 5.74) is 3.38. The van der Waals surface area contributed by atoms with Gasteiger partial charge in [0.2, 0.25) is 0 Å². The van der Waals surface area contributed by atoms with E-state index in [0.29, 0.717) is 23.5 Å². The molecule has 4 rings (SSSR count). The maximum absolute atomic E-state index is 12.3. The van der Waals surface area contributed by atoms with Gasteiger partial charge in [-0.05, 0) is 51.7 Å². The summed E-state index contributed by atoms with van der Waals surface area (Å²) in [6, 6.07) is 9.91.